The summed E-state index contributed by atoms with van der Waals surface area (Å²) >= 11 is 11.7. The Morgan fingerprint density at radius 1 is 1.11 bits per heavy atom. The highest BCUT2D eigenvalue weighted by Gasteiger charge is 2.62. The van der Waals surface area contributed by atoms with Crippen molar-refractivity contribution >= 4 is 38.8 Å². The molecule has 1 unspecified atom stereocenters. The molecule has 0 aromatic heterocycles. The van der Waals surface area contributed by atoms with Crippen molar-refractivity contribution in [2.75, 3.05) is 6.26 Å². The van der Waals surface area contributed by atoms with Crippen LogP contribution in [0.3, 0.4) is 0 Å². The number of nitrogens with zero attached hydrogens (tertiary/aromatic N) is 1. The second kappa shape index (κ2) is 6.89. The fourth-order valence-electron chi connectivity index (χ4n) is 2.81. The number of sulfone groups is 1. The van der Waals surface area contributed by atoms with Crippen LogP contribution in [0.1, 0.15) is 17.5 Å². The van der Waals surface area contributed by atoms with Crippen LogP contribution in [0.5, 0.6) is 0 Å². The van der Waals surface area contributed by atoms with Crippen LogP contribution >= 0.6 is 23.2 Å². The maximum absolute atomic E-state index is 13.9. The van der Waals surface area contributed by atoms with Gasteiger partial charge in [0.05, 0.1) is 5.71 Å². The minimum absolute atomic E-state index is 0.0129. The summed E-state index contributed by atoms with van der Waals surface area (Å²) in [5.41, 5.74) is -3.43. The molecule has 0 amide bonds. The minimum atomic E-state index is -4.90. The molecule has 2 aromatic rings. The molecule has 0 saturated heterocycles. The van der Waals surface area contributed by atoms with Crippen molar-refractivity contribution in [3.8, 4) is 0 Å². The van der Waals surface area contributed by atoms with E-state index in [4.69, 9.17) is 28.0 Å². The van der Waals surface area contributed by atoms with E-state index < -0.39 is 38.7 Å². The van der Waals surface area contributed by atoms with E-state index in [1.54, 1.807) is 0 Å². The Hall–Kier alpha value is -1.84. The van der Waals surface area contributed by atoms with Crippen LogP contribution in [0, 0.1) is 5.82 Å². The topological polar surface area (TPSA) is 55.7 Å². The standard InChI is InChI=1S/C17H11Cl2F4NO3S/c1-28(25,26)15-4-9(2-3-13(15)20)14-8-16(27-24-14,17(21,22)23)10-5-11(18)7-12(19)6-10/h2-7H,8H2,1H3. The van der Waals surface area contributed by atoms with Gasteiger partial charge in [-0.1, -0.05) is 34.4 Å². The monoisotopic (exact) mass is 455 g/mol. The molecule has 2 aromatic carbocycles. The summed E-state index contributed by atoms with van der Waals surface area (Å²) in [6, 6.07) is 6.29. The van der Waals surface area contributed by atoms with Crippen molar-refractivity contribution in [2.45, 2.75) is 23.1 Å². The van der Waals surface area contributed by atoms with Crippen molar-refractivity contribution < 1.29 is 30.8 Å². The van der Waals surface area contributed by atoms with Gasteiger partial charge in [-0.25, -0.2) is 12.8 Å². The van der Waals surface area contributed by atoms with Gasteiger partial charge in [-0.3, -0.25) is 0 Å². The summed E-state index contributed by atoms with van der Waals surface area (Å²) in [4.78, 5) is 4.18. The van der Waals surface area contributed by atoms with Crippen LogP contribution in [-0.2, 0) is 20.3 Å². The first kappa shape index (κ1) is 20.9. The van der Waals surface area contributed by atoms with Crippen LogP contribution in [0.15, 0.2) is 46.4 Å². The Bertz CT molecular complexity index is 1070. The Morgan fingerprint density at radius 2 is 1.71 bits per heavy atom. The lowest BCUT2D eigenvalue weighted by molar-refractivity contribution is -0.275. The molecule has 1 aliphatic rings. The van der Waals surface area contributed by atoms with Gasteiger partial charge < -0.3 is 4.84 Å². The smallest absolute Gasteiger partial charge is 0.374 e. The van der Waals surface area contributed by atoms with Gasteiger partial charge in [0.15, 0.2) is 9.84 Å². The van der Waals surface area contributed by atoms with Crippen LogP contribution in [0.2, 0.25) is 10.0 Å². The van der Waals surface area contributed by atoms with Crippen LogP contribution < -0.4 is 0 Å². The number of benzene rings is 2. The molecular weight excluding hydrogens is 445 g/mol. The number of halogens is 6. The highest BCUT2D eigenvalue weighted by atomic mass is 35.5. The van der Waals surface area contributed by atoms with E-state index in [2.05, 4.69) is 5.16 Å². The number of hydrogen-bond donors (Lipinski definition) is 0. The average Bonchev–Trinajstić information content (AvgIpc) is 2.99. The van der Waals surface area contributed by atoms with Gasteiger partial charge >= 0.3 is 6.18 Å². The van der Waals surface area contributed by atoms with Gasteiger partial charge in [-0.05, 0) is 30.3 Å². The van der Waals surface area contributed by atoms with Gasteiger partial charge in [0.1, 0.15) is 10.7 Å². The van der Waals surface area contributed by atoms with Gasteiger partial charge in [-0.15, -0.1) is 0 Å². The molecule has 150 valence electrons. The zero-order valence-corrected chi connectivity index (χ0v) is 16.3. The quantitative estimate of drug-likeness (QED) is 0.603. The molecule has 0 fully saturated rings. The molecule has 4 nitrogen and oxygen atoms in total. The van der Waals surface area contributed by atoms with Crippen LogP contribution in [0.4, 0.5) is 17.6 Å². The van der Waals surface area contributed by atoms with E-state index in [9.17, 15) is 26.0 Å². The fraction of sp³-hybridized carbons (Fsp3) is 0.235. The molecule has 0 spiro atoms. The molecule has 1 heterocycles. The van der Waals surface area contributed by atoms with E-state index in [-0.39, 0.29) is 26.9 Å². The molecule has 0 N–H and O–H groups in total. The number of hydrogen-bond acceptors (Lipinski definition) is 4. The first-order valence-corrected chi connectivity index (χ1v) is 10.3. The third kappa shape index (κ3) is 3.70. The lowest BCUT2D eigenvalue weighted by atomic mass is 9.86. The van der Waals surface area contributed by atoms with Gasteiger partial charge in [0.25, 0.3) is 5.60 Å². The summed E-state index contributed by atoms with van der Waals surface area (Å²) in [7, 11) is -3.93. The lowest BCUT2D eigenvalue weighted by Crippen LogP contribution is -2.42. The summed E-state index contributed by atoms with van der Waals surface area (Å²) in [6.07, 6.45) is -4.88. The molecule has 28 heavy (non-hydrogen) atoms. The van der Waals surface area contributed by atoms with Crippen LogP contribution in [-0.4, -0.2) is 26.6 Å². The summed E-state index contributed by atoms with van der Waals surface area (Å²) in [6.45, 7) is 0. The molecule has 3 rings (SSSR count). The van der Waals surface area contributed by atoms with E-state index in [0.717, 1.165) is 36.6 Å². The minimum Gasteiger partial charge on any atom is -0.374 e. The predicted molar refractivity (Wildman–Crippen MR) is 95.9 cm³/mol. The van der Waals surface area contributed by atoms with Gasteiger partial charge in [0, 0.05) is 33.8 Å². The van der Waals surface area contributed by atoms with E-state index in [1.165, 1.54) is 6.07 Å². The van der Waals surface area contributed by atoms with E-state index in [0.29, 0.717) is 0 Å². The van der Waals surface area contributed by atoms with Gasteiger partial charge in [-0.2, -0.15) is 13.2 Å². The van der Waals surface area contributed by atoms with Crippen molar-refractivity contribution in [2.24, 2.45) is 5.16 Å². The number of rotatable bonds is 3. The third-order valence-corrected chi connectivity index (χ3v) is 5.73. The predicted octanol–water partition coefficient (Wildman–Crippen LogP) is 5.12. The first-order chi connectivity index (χ1) is 12.8. The molecule has 0 aliphatic carbocycles. The second-order valence-corrected chi connectivity index (χ2v) is 9.06. The summed E-state index contributed by atoms with van der Waals surface area (Å²) in [5.74, 6) is -1.02. The number of oxime groups is 1. The third-order valence-electron chi connectivity index (χ3n) is 4.18. The molecule has 11 heteroatoms. The highest BCUT2D eigenvalue weighted by Crippen LogP contribution is 2.49. The van der Waals surface area contributed by atoms with Crippen molar-refractivity contribution in [1.82, 2.24) is 0 Å². The highest BCUT2D eigenvalue weighted by molar-refractivity contribution is 7.90. The van der Waals surface area contributed by atoms with Gasteiger partial charge in [0.2, 0.25) is 0 Å². The molecule has 0 radical (unpaired) electrons. The largest absolute Gasteiger partial charge is 0.435 e. The van der Waals surface area contributed by atoms with E-state index >= 15 is 0 Å². The van der Waals surface area contributed by atoms with Crippen molar-refractivity contribution in [3.63, 3.8) is 0 Å². The maximum atomic E-state index is 13.9. The average molecular weight is 456 g/mol. The molecule has 0 saturated carbocycles. The Labute approximate surface area is 167 Å². The SMILES string of the molecule is CS(=O)(=O)c1cc(C2=NOC(c3cc(Cl)cc(Cl)c3)(C(F)(F)F)C2)ccc1F. The Kier molecular flexibility index (Phi) is 5.14. The van der Waals surface area contributed by atoms with E-state index in [1.807, 2.05) is 0 Å². The number of alkyl halides is 3. The molecule has 0 bridgehead atoms. The Morgan fingerprint density at radius 3 is 2.25 bits per heavy atom. The fourth-order valence-corrected chi connectivity index (χ4v) is 4.10. The van der Waals surface area contributed by atoms with Crippen molar-refractivity contribution in [3.05, 3.63) is 63.4 Å². The summed E-state index contributed by atoms with van der Waals surface area (Å²) < 4.78 is 79.0. The van der Waals surface area contributed by atoms with Crippen molar-refractivity contribution in [1.29, 1.82) is 0 Å². The zero-order valence-electron chi connectivity index (χ0n) is 14.0. The van der Waals surface area contributed by atoms with Crippen LogP contribution in [0.25, 0.3) is 0 Å². The Balaban J connectivity index is 2.08. The first-order valence-electron chi connectivity index (χ1n) is 7.62. The zero-order chi connectivity index (χ0) is 20.9. The summed E-state index contributed by atoms with van der Waals surface area (Å²) in [5, 5.41) is 3.46. The lowest BCUT2D eigenvalue weighted by Gasteiger charge is -2.29. The molecular formula is C17H11Cl2F4NO3S. The molecule has 1 aliphatic heterocycles. The maximum Gasteiger partial charge on any atom is 0.435 e. The normalized spacial score (nSPS) is 20.0. The second-order valence-electron chi connectivity index (χ2n) is 6.21. The molecule has 1 atom stereocenters.